The van der Waals surface area contributed by atoms with Gasteiger partial charge in [0.25, 0.3) is 0 Å². The summed E-state index contributed by atoms with van der Waals surface area (Å²) in [5.74, 6) is -0.225. The Labute approximate surface area is 95.4 Å². The molecule has 0 spiro atoms. The molecule has 1 aromatic rings. The van der Waals surface area contributed by atoms with Crippen LogP contribution in [0, 0.1) is 0 Å². The normalized spacial score (nSPS) is 15.4. The van der Waals surface area contributed by atoms with E-state index < -0.39 is 18.3 Å². The Kier molecular flexibility index (Phi) is 3.84. The van der Waals surface area contributed by atoms with Crippen LogP contribution in [0.15, 0.2) is 18.2 Å². The van der Waals surface area contributed by atoms with Gasteiger partial charge in [-0.25, -0.2) is 0 Å². The van der Waals surface area contributed by atoms with Gasteiger partial charge in [0, 0.05) is 0 Å². The molecule has 4 nitrogen and oxygen atoms in total. The third-order valence-electron chi connectivity index (χ3n) is 2.26. The van der Waals surface area contributed by atoms with Crippen LogP contribution >= 0.6 is 0 Å². The number of halogens is 3. The van der Waals surface area contributed by atoms with Gasteiger partial charge in [0.2, 0.25) is 0 Å². The highest BCUT2D eigenvalue weighted by molar-refractivity contribution is 5.42. The molecule has 0 bridgehead atoms. The van der Waals surface area contributed by atoms with Gasteiger partial charge >= 0.3 is 6.18 Å². The third-order valence-corrected chi connectivity index (χ3v) is 2.26. The lowest BCUT2D eigenvalue weighted by atomic mass is 10.0. The Morgan fingerprint density at radius 2 is 1.94 bits per heavy atom. The van der Waals surface area contributed by atoms with Crippen molar-refractivity contribution in [1.82, 2.24) is 0 Å². The number of aliphatic hydroxyl groups is 1. The molecule has 4 N–H and O–H groups in total. The fraction of sp³-hybridized carbons (Fsp3) is 0.400. The number of nitrogens with two attached hydrogens (primary N) is 1. The molecular formula is C10H12F3NO3. The van der Waals surface area contributed by atoms with Crippen LogP contribution in [0.1, 0.15) is 11.6 Å². The van der Waals surface area contributed by atoms with Crippen LogP contribution in [0.3, 0.4) is 0 Å². The van der Waals surface area contributed by atoms with E-state index in [0.29, 0.717) is 0 Å². The van der Waals surface area contributed by atoms with Crippen molar-refractivity contribution < 1.29 is 28.1 Å². The summed E-state index contributed by atoms with van der Waals surface area (Å²) in [6.45, 7) is 0. The molecule has 0 aliphatic rings. The number of ether oxygens (including phenoxy) is 1. The first-order valence-electron chi connectivity index (χ1n) is 4.64. The van der Waals surface area contributed by atoms with Crippen molar-refractivity contribution in [3.63, 3.8) is 0 Å². The van der Waals surface area contributed by atoms with Crippen molar-refractivity contribution in [1.29, 1.82) is 0 Å². The highest BCUT2D eigenvalue weighted by Crippen LogP contribution is 2.33. The molecule has 0 saturated carbocycles. The molecule has 0 aliphatic heterocycles. The zero-order valence-electron chi connectivity index (χ0n) is 8.90. The molecule has 2 atom stereocenters. The molecule has 0 amide bonds. The molecule has 0 unspecified atom stereocenters. The van der Waals surface area contributed by atoms with Crippen LogP contribution in [0.5, 0.6) is 11.5 Å². The van der Waals surface area contributed by atoms with Gasteiger partial charge in [-0.1, -0.05) is 6.07 Å². The fourth-order valence-corrected chi connectivity index (χ4v) is 1.30. The fourth-order valence-electron chi connectivity index (χ4n) is 1.30. The van der Waals surface area contributed by atoms with E-state index in [9.17, 15) is 18.3 Å². The smallest absolute Gasteiger partial charge is 0.416 e. The Bertz CT molecular complexity index is 395. The van der Waals surface area contributed by atoms with Crippen molar-refractivity contribution in [2.45, 2.75) is 18.3 Å². The minimum absolute atomic E-state index is 0.0341. The summed E-state index contributed by atoms with van der Waals surface area (Å²) in [5, 5.41) is 18.3. The lowest BCUT2D eigenvalue weighted by Crippen LogP contribution is -2.38. The van der Waals surface area contributed by atoms with Crippen LogP contribution in [-0.2, 0) is 0 Å². The summed E-state index contributed by atoms with van der Waals surface area (Å²) in [6.07, 6.45) is -7.50. The van der Waals surface area contributed by atoms with E-state index in [-0.39, 0.29) is 17.1 Å². The van der Waals surface area contributed by atoms with Gasteiger partial charge in [-0.05, 0) is 17.7 Å². The predicted octanol–water partition coefficient (Wildman–Crippen LogP) is 1.32. The summed E-state index contributed by atoms with van der Waals surface area (Å²) in [4.78, 5) is 0. The SMILES string of the molecule is COc1ccc([C@H](N)[C@H](O)C(F)(F)F)cc1O. The first-order chi connectivity index (χ1) is 7.77. The molecule has 0 fully saturated rings. The van der Waals surface area contributed by atoms with E-state index in [2.05, 4.69) is 0 Å². The van der Waals surface area contributed by atoms with Crippen LogP contribution in [0.4, 0.5) is 13.2 Å². The number of alkyl halides is 3. The van der Waals surface area contributed by atoms with Crippen molar-refractivity contribution in [2.75, 3.05) is 7.11 Å². The minimum atomic E-state index is -4.81. The number of rotatable bonds is 3. The summed E-state index contributed by atoms with van der Waals surface area (Å²) in [6, 6.07) is 1.89. The number of phenolic OH excluding ortho intramolecular Hbond substituents is 1. The molecule has 7 heteroatoms. The van der Waals surface area contributed by atoms with E-state index in [0.717, 1.165) is 6.07 Å². The molecule has 0 radical (unpaired) electrons. The van der Waals surface area contributed by atoms with Gasteiger partial charge in [0.1, 0.15) is 0 Å². The molecule has 1 rings (SSSR count). The van der Waals surface area contributed by atoms with Crippen LogP contribution in [0.2, 0.25) is 0 Å². The summed E-state index contributed by atoms with van der Waals surface area (Å²) >= 11 is 0. The van der Waals surface area contributed by atoms with Crippen LogP contribution in [-0.4, -0.2) is 29.6 Å². The van der Waals surface area contributed by atoms with Gasteiger partial charge in [0.15, 0.2) is 17.6 Å². The lowest BCUT2D eigenvalue weighted by Gasteiger charge is -2.21. The lowest BCUT2D eigenvalue weighted by molar-refractivity contribution is -0.210. The number of aliphatic hydroxyl groups excluding tert-OH is 1. The highest BCUT2D eigenvalue weighted by Gasteiger charge is 2.42. The van der Waals surface area contributed by atoms with Crippen molar-refractivity contribution in [3.8, 4) is 11.5 Å². The highest BCUT2D eigenvalue weighted by atomic mass is 19.4. The van der Waals surface area contributed by atoms with Crippen molar-refractivity contribution in [3.05, 3.63) is 23.8 Å². The van der Waals surface area contributed by atoms with E-state index >= 15 is 0 Å². The second kappa shape index (κ2) is 4.80. The van der Waals surface area contributed by atoms with Crippen LogP contribution < -0.4 is 10.5 Å². The van der Waals surface area contributed by atoms with Gasteiger partial charge in [-0.3, -0.25) is 0 Å². The third kappa shape index (κ3) is 3.01. The number of phenols is 1. The zero-order valence-corrected chi connectivity index (χ0v) is 8.90. The predicted molar refractivity (Wildman–Crippen MR) is 53.6 cm³/mol. The molecule has 1 aromatic carbocycles. The van der Waals surface area contributed by atoms with Gasteiger partial charge in [-0.15, -0.1) is 0 Å². The van der Waals surface area contributed by atoms with Crippen LogP contribution in [0.25, 0.3) is 0 Å². The average Bonchev–Trinajstić information content (AvgIpc) is 2.25. The molecule has 0 heterocycles. The molecule has 96 valence electrons. The largest absolute Gasteiger partial charge is 0.504 e. The van der Waals surface area contributed by atoms with E-state index in [4.69, 9.17) is 15.6 Å². The Hall–Kier alpha value is -1.47. The van der Waals surface area contributed by atoms with Gasteiger partial charge < -0.3 is 20.7 Å². The second-order valence-electron chi connectivity index (χ2n) is 3.44. The summed E-state index contributed by atoms with van der Waals surface area (Å²) < 4.78 is 41.4. The summed E-state index contributed by atoms with van der Waals surface area (Å²) in [5.41, 5.74) is 5.23. The average molecular weight is 251 g/mol. The van der Waals surface area contributed by atoms with Gasteiger partial charge in [0.05, 0.1) is 13.2 Å². The Morgan fingerprint density at radius 3 is 2.35 bits per heavy atom. The zero-order chi connectivity index (χ0) is 13.2. The van der Waals surface area contributed by atoms with Crippen molar-refractivity contribution in [2.24, 2.45) is 5.73 Å². The molecule has 17 heavy (non-hydrogen) atoms. The second-order valence-corrected chi connectivity index (χ2v) is 3.44. The molecule has 0 aliphatic carbocycles. The number of hydrogen-bond donors (Lipinski definition) is 3. The molecular weight excluding hydrogens is 239 g/mol. The Balaban J connectivity index is 2.97. The quantitative estimate of drug-likeness (QED) is 0.757. The van der Waals surface area contributed by atoms with E-state index in [1.54, 1.807) is 0 Å². The topological polar surface area (TPSA) is 75.7 Å². The standard InChI is InChI=1S/C10H12F3NO3/c1-17-7-3-2-5(4-6(7)15)8(14)9(16)10(11,12)13/h2-4,8-9,15-16H,14H2,1H3/t8-,9-/m0/s1. The van der Waals surface area contributed by atoms with Crippen molar-refractivity contribution >= 4 is 0 Å². The maximum atomic E-state index is 12.2. The monoisotopic (exact) mass is 251 g/mol. The Morgan fingerprint density at radius 1 is 1.35 bits per heavy atom. The summed E-state index contributed by atoms with van der Waals surface area (Å²) in [7, 11) is 1.30. The maximum absolute atomic E-state index is 12.2. The number of benzene rings is 1. The first kappa shape index (κ1) is 13.6. The van der Waals surface area contributed by atoms with E-state index in [1.807, 2.05) is 0 Å². The minimum Gasteiger partial charge on any atom is -0.504 e. The number of methoxy groups -OCH3 is 1. The maximum Gasteiger partial charge on any atom is 0.416 e. The number of hydrogen-bond acceptors (Lipinski definition) is 4. The van der Waals surface area contributed by atoms with E-state index in [1.165, 1.54) is 19.2 Å². The number of aromatic hydroxyl groups is 1. The van der Waals surface area contributed by atoms with Gasteiger partial charge in [-0.2, -0.15) is 13.2 Å². The molecule has 0 aromatic heterocycles. The first-order valence-corrected chi connectivity index (χ1v) is 4.64. The molecule has 0 saturated heterocycles.